The van der Waals surface area contributed by atoms with E-state index in [2.05, 4.69) is 0 Å². The van der Waals surface area contributed by atoms with Gasteiger partial charge >= 0.3 is 6.18 Å². The third kappa shape index (κ3) is 2.82. The van der Waals surface area contributed by atoms with Gasteiger partial charge < -0.3 is 0 Å². The summed E-state index contributed by atoms with van der Waals surface area (Å²) in [6, 6.07) is 5.28. The number of nitro groups is 1. The van der Waals surface area contributed by atoms with E-state index in [1.54, 1.807) is 0 Å². The summed E-state index contributed by atoms with van der Waals surface area (Å²) in [4.78, 5) is 9.84. The zero-order chi connectivity index (χ0) is 12.3. The van der Waals surface area contributed by atoms with Gasteiger partial charge in [0, 0.05) is 11.6 Å². The minimum atomic E-state index is -4.47. The lowest BCUT2D eigenvalue weighted by Gasteiger charge is -2.06. The second-order valence-corrected chi connectivity index (χ2v) is 3.14. The van der Waals surface area contributed by atoms with Gasteiger partial charge in [0.15, 0.2) is 0 Å². The van der Waals surface area contributed by atoms with Gasteiger partial charge in [0.05, 0.1) is 10.5 Å². The average Bonchev–Trinajstić information content (AvgIpc) is 2.16. The molecule has 1 aromatic rings. The molecule has 0 unspecified atom stereocenters. The van der Waals surface area contributed by atoms with Crippen molar-refractivity contribution in [3.8, 4) is 0 Å². The number of rotatable bonds is 2. The molecule has 0 radical (unpaired) electrons. The molecule has 0 heterocycles. The van der Waals surface area contributed by atoms with Crippen molar-refractivity contribution in [3.63, 3.8) is 0 Å². The Morgan fingerprint density at radius 1 is 1.38 bits per heavy atom. The monoisotopic (exact) mass is 231 g/mol. The Morgan fingerprint density at radius 3 is 2.44 bits per heavy atom. The highest BCUT2D eigenvalue weighted by Crippen LogP contribution is 2.29. The first-order chi connectivity index (χ1) is 7.32. The maximum atomic E-state index is 12.2. The van der Waals surface area contributed by atoms with E-state index in [9.17, 15) is 23.3 Å². The highest BCUT2D eigenvalue weighted by Gasteiger charge is 2.30. The summed E-state index contributed by atoms with van der Waals surface area (Å²) < 4.78 is 36.7. The van der Waals surface area contributed by atoms with Crippen molar-refractivity contribution in [2.24, 2.45) is 0 Å². The van der Waals surface area contributed by atoms with Crippen molar-refractivity contribution >= 4 is 11.8 Å². The summed E-state index contributed by atoms with van der Waals surface area (Å²) in [5.41, 5.74) is -1.27. The van der Waals surface area contributed by atoms with Crippen LogP contribution in [0.2, 0.25) is 0 Å². The maximum absolute atomic E-state index is 12.2. The lowest BCUT2D eigenvalue weighted by Crippen LogP contribution is -2.08. The van der Waals surface area contributed by atoms with Crippen LogP contribution in [0.3, 0.4) is 0 Å². The van der Waals surface area contributed by atoms with Crippen LogP contribution in [0.15, 0.2) is 29.8 Å². The Balaban J connectivity index is 3.20. The molecule has 1 aromatic carbocycles. The molecule has 86 valence electrons. The fourth-order valence-corrected chi connectivity index (χ4v) is 1.09. The standard InChI is InChI=1S/C10H8F3NO2/c1-7(10(11,12)13)6-8-4-2-3-5-9(8)14(15)16/h2-6H,1H3/b7-6+. The molecular weight excluding hydrogens is 223 g/mol. The molecule has 0 amide bonds. The number of nitrogens with zero attached hydrogens (tertiary/aromatic N) is 1. The van der Waals surface area contributed by atoms with E-state index in [1.165, 1.54) is 18.2 Å². The summed E-state index contributed by atoms with van der Waals surface area (Å²) in [5, 5.41) is 10.5. The molecule has 0 aliphatic heterocycles. The number of hydrogen-bond acceptors (Lipinski definition) is 2. The minimum Gasteiger partial charge on any atom is -0.258 e. The lowest BCUT2D eigenvalue weighted by molar-refractivity contribution is -0.385. The first kappa shape index (κ1) is 12.2. The third-order valence-electron chi connectivity index (χ3n) is 1.95. The second-order valence-electron chi connectivity index (χ2n) is 3.14. The predicted molar refractivity (Wildman–Crippen MR) is 52.8 cm³/mol. The minimum absolute atomic E-state index is 0.0534. The van der Waals surface area contributed by atoms with E-state index in [1.807, 2.05) is 0 Å². The molecule has 3 nitrogen and oxygen atoms in total. The van der Waals surface area contributed by atoms with E-state index in [4.69, 9.17) is 0 Å². The van der Waals surface area contributed by atoms with E-state index >= 15 is 0 Å². The van der Waals surface area contributed by atoms with Gasteiger partial charge in [0.2, 0.25) is 0 Å². The Bertz CT molecular complexity index is 438. The average molecular weight is 231 g/mol. The van der Waals surface area contributed by atoms with Crippen molar-refractivity contribution in [2.45, 2.75) is 13.1 Å². The first-order valence-corrected chi connectivity index (χ1v) is 4.31. The Labute approximate surface area is 89.4 Å². The molecule has 0 N–H and O–H groups in total. The highest BCUT2D eigenvalue weighted by atomic mass is 19.4. The molecule has 0 aromatic heterocycles. The molecule has 0 bridgehead atoms. The molecule has 0 saturated heterocycles. The van der Waals surface area contributed by atoms with Gasteiger partial charge in [-0.25, -0.2) is 0 Å². The number of benzene rings is 1. The molecule has 0 aliphatic rings. The molecule has 0 saturated carbocycles. The Kier molecular flexibility index (Phi) is 3.31. The number of para-hydroxylation sites is 1. The molecular formula is C10H8F3NO2. The number of nitro benzene ring substituents is 1. The van der Waals surface area contributed by atoms with Gasteiger partial charge in [-0.1, -0.05) is 12.1 Å². The van der Waals surface area contributed by atoms with Crippen LogP contribution in [0.5, 0.6) is 0 Å². The number of halogens is 3. The van der Waals surface area contributed by atoms with Crippen molar-refractivity contribution in [1.82, 2.24) is 0 Å². The highest BCUT2D eigenvalue weighted by molar-refractivity contribution is 5.63. The summed E-state index contributed by atoms with van der Waals surface area (Å²) in [6.45, 7) is 0.872. The smallest absolute Gasteiger partial charge is 0.258 e. The zero-order valence-electron chi connectivity index (χ0n) is 8.28. The number of allylic oxidation sites excluding steroid dienone is 1. The van der Waals surface area contributed by atoms with Crippen LogP contribution < -0.4 is 0 Å². The van der Waals surface area contributed by atoms with E-state index in [-0.39, 0.29) is 11.3 Å². The van der Waals surface area contributed by atoms with Gasteiger partial charge in [-0.2, -0.15) is 13.2 Å². The lowest BCUT2D eigenvalue weighted by atomic mass is 10.1. The van der Waals surface area contributed by atoms with Gasteiger partial charge in [-0.3, -0.25) is 10.1 Å². The molecule has 0 spiro atoms. The third-order valence-corrected chi connectivity index (χ3v) is 1.95. The molecule has 1 rings (SSSR count). The van der Waals surface area contributed by atoms with Gasteiger partial charge in [-0.05, 0) is 19.1 Å². The molecule has 6 heteroatoms. The van der Waals surface area contributed by atoms with Gasteiger partial charge in [-0.15, -0.1) is 0 Å². The van der Waals surface area contributed by atoms with E-state index < -0.39 is 16.7 Å². The number of alkyl halides is 3. The fraction of sp³-hybridized carbons (Fsp3) is 0.200. The largest absolute Gasteiger partial charge is 0.412 e. The van der Waals surface area contributed by atoms with Crippen LogP contribution in [0.4, 0.5) is 18.9 Å². The van der Waals surface area contributed by atoms with Crippen LogP contribution in [0.1, 0.15) is 12.5 Å². The molecule has 0 aliphatic carbocycles. The van der Waals surface area contributed by atoms with E-state index in [0.29, 0.717) is 0 Å². The topological polar surface area (TPSA) is 43.1 Å². The Hall–Kier alpha value is -1.85. The quantitative estimate of drug-likeness (QED) is 0.576. The fourth-order valence-electron chi connectivity index (χ4n) is 1.09. The SMILES string of the molecule is C/C(=C\c1ccccc1[N+](=O)[O-])C(F)(F)F. The van der Waals surface area contributed by atoms with Gasteiger partial charge in [0.25, 0.3) is 5.69 Å². The summed E-state index contributed by atoms with van der Waals surface area (Å²) >= 11 is 0. The first-order valence-electron chi connectivity index (χ1n) is 4.31. The summed E-state index contributed by atoms with van der Waals surface area (Å²) in [5.74, 6) is 0. The van der Waals surface area contributed by atoms with Crippen LogP contribution in [0, 0.1) is 10.1 Å². The molecule has 16 heavy (non-hydrogen) atoms. The van der Waals surface area contributed by atoms with Crippen molar-refractivity contribution < 1.29 is 18.1 Å². The predicted octanol–water partition coefficient (Wildman–Crippen LogP) is 3.56. The van der Waals surface area contributed by atoms with E-state index in [0.717, 1.165) is 19.1 Å². The van der Waals surface area contributed by atoms with Crippen LogP contribution in [-0.2, 0) is 0 Å². The molecule has 0 fully saturated rings. The van der Waals surface area contributed by atoms with Crippen molar-refractivity contribution in [1.29, 1.82) is 0 Å². The molecule has 0 atom stereocenters. The van der Waals surface area contributed by atoms with Crippen molar-refractivity contribution in [3.05, 3.63) is 45.5 Å². The van der Waals surface area contributed by atoms with Gasteiger partial charge in [0.1, 0.15) is 0 Å². The van der Waals surface area contributed by atoms with Crippen LogP contribution in [-0.4, -0.2) is 11.1 Å². The zero-order valence-corrected chi connectivity index (χ0v) is 8.28. The summed E-state index contributed by atoms with van der Waals surface area (Å²) in [7, 11) is 0. The van der Waals surface area contributed by atoms with Crippen LogP contribution >= 0.6 is 0 Å². The summed E-state index contributed by atoms with van der Waals surface area (Å²) in [6.07, 6.45) is -3.71. The maximum Gasteiger partial charge on any atom is 0.412 e. The van der Waals surface area contributed by atoms with Crippen molar-refractivity contribution in [2.75, 3.05) is 0 Å². The number of hydrogen-bond donors (Lipinski definition) is 0. The Morgan fingerprint density at radius 2 is 1.94 bits per heavy atom. The normalized spacial score (nSPS) is 12.6. The second kappa shape index (κ2) is 4.34. The van der Waals surface area contributed by atoms with Crippen LogP contribution in [0.25, 0.3) is 6.08 Å².